The summed E-state index contributed by atoms with van der Waals surface area (Å²) in [4.78, 5) is 2.00. The zero-order chi connectivity index (χ0) is 3.58. The van der Waals surface area contributed by atoms with Gasteiger partial charge < -0.3 is 4.90 Å². The average molecular weight is 184 g/mol. The SMILES string of the molecule is CN(C)C.[SbH3]. The van der Waals surface area contributed by atoms with Gasteiger partial charge in [-0.15, -0.1) is 0 Å². The van der Waals surface area contributed by atoms with Crippen LogP contribution in [-0.4, -0.2) is 50.5 Å². The third-order valence-corrected chi connectivity index (χ3v) is 0. The van der Waals surface area contributed by atoms with Gasteiger partial charge in [0.15, 0.2) is 0 Å². The second-order valence-corrected chi connectivity index (χ2v) is 1.34. The van der Waals surface area contributed by atoms with Gasteiger partial charge in [0.25, 0.3) is 0 Å². The Labute approximate surface area is 50.8 Å². The Morgan fingerprint density at radius 3 is 1.00 bits per heavy atom. The van der Waals surface area contributed by atoms with Gasteiger partial charge in [0.05, 0.1) is 0 Å². The first kappa shape index (κ1) is 9.24. The number of nitrogens with zero attached hydrogens (tertiary/aromatic N) is 1. The summed E-state index contributed by atoms with van der Waals surface area (Å²) in [5.74, 6) is 0. The first-order chi connectivity index (χ1) is 1.73. The second kappa shape index (κ2) is 4.78. The molecule has 0 fully saturated rings. The van der Waals surface area contributed by atoms with Crippen LogP contribution in [0.3, 0.4) is 0 Å². The van der Waals surface area contributed by atoms with Crippen LogP contribution in [0.1, 0.15) is 0 Å². The first-order valence-electron chi connectivity index (χ1n) is 1.34. The van der Waals surface area contributed by atoms with Crippen LogP contribution in [0.25, 0.3) is 0 Å². The normalized spacial score (nSPS) is 7.20. The molecule has 0 spiro atoms. The molecule has 0 aliphatic carbocycles. The molecule has 0 saturated carbocycles. The fourth-order valence-corrected chi connectivity index (χ4v) is 0. The van der Waals surface area contributed by atoms with Gasteiger partial charge in [-0.05, 0) is 21.1 Å². The second-order valence-electron chi connectivity index (χ2n) is 1.34. The molecule has 0 heterocycles. The maximum atomic E-state index is 2.00. The fraction of sp³-hybridized carbons (Fsp3) is 1.00. The standard InChI is InChI=1S/C3H9N.Sb.3H/c1-4(2)3;;;;/h1-3H3;;;;. The van der Waals surface area contributed by atoms with E-state index in [4.69, 9.17) is 0 Å². The van der Waals surface area contributed by atoms with Crippen LogP contribution in [-0.2, 0) is 0 Å². The maximum absolute atomic E-state index is 2.00. The molecule has 0 N–H and O–H groups in total. The molecule has 0 unspecified atom stereocenters. The molecule has 5 heavy (non-hydrogen) atoms. The van der Waals surface area contributed by atoms with Gasteiger partial charge in [0.2, 0.25) is 0 Å². The summed E-state index contributed by atoms with van der Waals surface area (Å²) in [5, 5.41) is 0. The van der Waals surface area contributed by atoms with Gasteiger partial charge in [-0.1, -0.05) is 0 Å². The summed E-state index contributed by atoms with van der Waals surface area (Å²) in [6, 6.07) is 0. The van der Waals surface area contributed by atoms with E-state index in [1.54, 1.807) is 0 Å². The summed E-state index contributed by atoms with van der Waals surface area (Å²) >= 11 is 0. The molecule has 0 atom stereocenters. The molecule has 1 nitrogen and oxygen atoms in total. The summed E-state index contributed by atoms with van der Waals surface area (Å²) in [6.07, 6.45) is 0. The van der Waals surface area contributed by atoms with Crippen molar-refractivity contribution in [1.82, 2.24) is 4.90 Å². The van der Waals surface area contributed by atoms with Crippen molar-refractivity contribution in [2.45, 2.75) is 0 Å². The van der Waals surface area contributed by atoms with Gasteiger partial charge in [-0.3, -0.25) is 0 Å². The molecular formula is C3H12NSb. The Bertz CT molecular complexity index is 11.6. The van der Waals surface area contributed by atoms with Crippen LogP contribution in [0.5, 0.6) is 0 Å². The Hall–Kier alpha value is 0.778. The van der Waals surface area contributed by atoms with E-state index in [9.17, 15) is 0 Å². The molecule has 0 aliphatic heterocycles. The Balaban J connectivity index is 0. The molecule has 0 rings (SSSR count). The van der Waals surface area contributed by atoms with Crippen molar-refractivity contribution < 1.29 is 0 Å². The number of hydrogen-bond acceptors (Lipinski definition) is 1. The van der Waals surface area contributed by atoms with E-state index in [0.717, 1.165) is 0 Å². The van der Waals surface area contributed by atoms with Crippen molar-refractivity contribution in [2.24, 2.45) is 0 Å². The molecule has 0 radical (unpaired) electrons. The topological polar surface area (TPSA) is 3.24 Å². The average Bonchev–Trinajstić information content (AvgIpc) is 0.811. The zero-order valence-electron chi connectivity index (χ0n) is 4.15. The van der Waals surface area contributed by atoms with Crippen LogP contribution in [0.2, 0.25) is 0 Å². The quantitative estimate of drug-likeness (QED) is 0.436. The van der Waals surface area contributed by atoms with Gasteiger partial charge in [-0.2, -0.15) is 0 Å². The molecule has 0 amide bonds. The predicted octanol–water partition coefficient (Wildman–Crippen LogP) is -1.01. The van der Waals surface area contributed by atoms with Crippen molar-refractivity contribution in [3.05, 3.63) is 0 Å². The van der Waals surface area contributed by atoms with Crippen molar-refractivity contribution >= 4 is 24.4 Å². The number of rotatable bonds is 0. The van der Waals surface area contributed by atoms with E-state index in [0.29, 0.717) is 0 Å². The predicted molar refractivity (Wildman–Crippen MR) is 29.5 cm³/mol. The van der Waals surface area contributed by atoms with Crippen LogP contribution in [0.15, 0.2) is 0 Å². The third-order valence-electron chi connectivity index (χ3n) is 0. The van der Waals surface area contributed by atoms with Gasteiger partial charge in [0.1, 0.15) is 0 Å². The Kier molecular flexibility index (Phi) is 8.83. The van der Waals surface area contributed by atoms with E-state index >= 15 is 0 Å². The van der Waals surface area contributed by atoms with E-state index in [2.05, 4.69) is 0 Å². The first-order valence-corrected chi connectivity index (χ1v) is 1.34. The van der Waals surface area contributed by atoms with Crippen LogP contribution < -0.4 is 0 Å². The monoisotopic (exact) mass is 183 g/mol. The van der Waals surface area contributed by atoms with Gasteiger partial charge in [-0.25, -0.2) is 0 Å². The fourth-order valence-electron chi connectivity index (χ4n) is 0. The summed E-state index contributed by atoms with van der Waals surface area (Å²) < 4.78 is 0. The van der Waals surface area contributed by atoms with Crippen molar-refractivity contribution in [1.29, 1.82) is 0 Å². The van der Waals surface area contributed by atoms with Crippen molar-refractivity contribution in [3.8, 4) is 0 Å². The minimum absolute atomic E-state index is 0. The summed E-state index contributed by atoms with van der Waals surface area (Å²) in [5.41, 5.74) is 0. The molecule has 0 aromatic rings. The molecule has 2 heteroatoms. The summed E-state index contributed by atoms with van der Waals surface area (Å²) in [7, 11) is 6.00. The van der Waals surface area contributed by atoms with E-state index < -0.39 is 0 Å². The molecule has 34 valence electrons. The zero-order valence-corrected chi connectivity index (χ0v) is 8.19. The van der Waals surface area contributed by atoms with Gasteiger partial charge >= 0.3 is 24.4 Å². The minimum atomic E-state index is 0. The van der Waals surface area contributed by atoms with Crippen LogP contribution >= 0.6 is 0 Å². The van der Waals surface area contributed by atoms with Crippen molar-refractivity contribution in [2.75, 3.05) is 21.1 Å². The van der Waals surface area contributed by atoms with Crippen molar-refractivity contribution in [3.63, 3.8) is 0 Å². The number of hydrogen-bond donors (Lipinski definition) is 0. The Morgan fingerprint density at radius 1 is 1.00 bits per heavy atom. The van der Waals surface area contributed by atoms with Crippen LogP contribution in [0, 0.1) is 0 Å². The molecule has 0 saturated heterocycles. The molecule has 0 bridgehead atoms. The molecule has 0 aromatic carbocycles. The third kappa shape index (κ3) is 60.9. The van der Waals surface area contributed by atoms with E-state index in [1.165, 1.54) is 0 Å². The van der Waals surface area contributed by atoms with E-state index in [-0.39, 0.29) is 24.4 Å². The molecule has 0 aromatic heterocycles. The molecular weight excluding hydrogens is 172 g/mol. The molecule has 0 aliphatic rings. The Morgan fingerprint density at radius 2 is 1.00 bits per heavy atom. The van der Waals surface area contributed by atoms with Crippen LogP contribution in [0.4, 0.5) is 0 Å². The van der Waals surface area contributed by atoms with Gasteiger partial charge in [0, 0.05) is 0 Å². The summed E-state index contributed by atoms with van der Waals surface area (Å²) in [6.45, 7) is 0. The van der Waals surface area contributed by atoms with E-state index in [1.807, 2.05) is 26.0 Å².